The van der Waals surface area contributed by atoms with Gasteiger partial charge in [-0.05, 0) is 17.7 Å². The lowest BCUT2D eigenvalue weighted by atomic mass is 10.2. The second-order valence-corrected chi connectivity index (χ2v) is 2.42. The Labute approximate surface area is 77.0 Å². The van der Waals surface area contributed by atoms with Crippen LogP contribution in [0.3, 0.4) is 0 Å². The average Bonchev–Trinajstić information content (AvgIpc) is 2.14. The van der Waals surface area contributed by atoms with Gasteiger partial charge in [-0.2, -0.15) is 13.2 Å². The first kappa shape index (κ1) is 10.3. The van der Waals surface area contributed by atoms with Gasteiger partial charge in [0.2, 0.25) is 0 Å². The zero-order valence-electron chi connectivity index (χ0n) is 6.86. The van der Waals surface area contributed by atoms with Crippen molar-refractivity contribution in [3.05, 3.63) is 40.0 Å². The van der Waals surface area contributed by atoms with Crippen LogP contribution in [0, 0.1) is 0 Å². The van der Waals surface area contributed by atoms with Crippen molar-refractivity contribution in [2.75, 3.05) is 0 Å². The SMILES string of the molecule is [N-]=[N+]=NCc1ccc(C(F)(F)F)cn1. The van der Waals surface area contributed by atoms with E-state index in [1.807, 2.05) is 0 Å². The summed E-state index contributed by atoms with van der Waals surface area (Å²) in [4.78, 5) is 5.96. The monoisotopic (exact) mass is 202 g/mol. The van der Waals surface area contributed by atoms with Crippen LogP contribution in [0.25, 0.3) is 10.4 Å². The number of pyridine rings is 1. The van der Waals surface area contributed by atoms with Crippen LogP contribution in [-0.2, 0) is 12.7 Å². The van der Waals surface area contributed by atoms with E-state index in [4.69, 9.17) is 5.53 Å². The molecule has 0 unspecified atom stereocenters. The minimum absolute atomic E-state index is 0.0470. The lowest BCUT2D eigenvalue weighted by Gasteiger charge is -2.05. The molecule has 0 N–H and O–H groups in total. The summed E-state index contributed by atoms with van der Waals surface area (Å²) < 4.78 is 36.1. The fraction of sp³-hybridized carbons (Fsp3) is 0.286. The van der Waals surface area contributed by atoms with Crippen molar-refractivity contribution in [2.45, 2.75) is 12.7 Å². The number of rotatable bonds is 2. The summed E-state index contributed by atoms with van der Waals surface area (Å²) in [6, 6.07) is 2.08. The highest BCUT2D eigenvalue weighted by Crippen LogP contribution is 2.28. The molecule has 0 spiro atoms. The van der Waals surface area contributed by atoms with Gasteiger partial charge >= 0.3 is 6.18 Å². The van der Waals surface area contributed by atoms with Gasteiger partial charge in [-0.3, -0.25) is 4.98 Å². The van der Waals surface area contributed by atoms with Crippen LogP contribution >= 0.6 is 0 Å². The van der Waals surface area contributed by atoms with Gasteiger partial charge < -0.3 is 0 Å². The highest BCUT2D eigenvalue weighted by molar-refractivity contribution is 5.16. The van der Waals surface area contributed by atoms with E-state index in [0.29, 0.717) is 11.9 Å². The van der Waals surface area contributed by atoms with E-state index in [0.717, 1.165) is 6.07 Å². The van der Waals surface area contributed by atoms with E-state index in [9.17, 15) is 13.2 Å². The van der Waals surface area contributed by atoms with Gasteiger partial charge in [0.05, 0.1) is 12.1 Å². The maximum atomic E-state index is 12.0. The summed E-state index contributed by atoms with van der Waals surface area (Å²) in [5.41, 5.74) is 7.45. The Kier molecular flexibility index (Phi) is 2.93. The first-order valence-corrected chi connectivity index (χ1v) is 3.57. The summed E-state index contributed by atoms with van der Waals surface area (Å²) >= 11 is 0. The molecule has 0 bridgehead atoms. The zero-order valence-corrected chi connectivity index (χ0v) is 6.86. The van der Waals surface area contributed by atoms with E-state index >= 15 is 0 Å². The number of aromatic nitrogens is 1. The molecular formula is C7H5F3N4. The number of halogens is 3. The first-order valence-electron chi connectivity index (χ1n) is 3.57. The Hall–Kier alpha value is -1.75. The number of nitrogens with zero attached hydrogens (tertiary/aromatic N) is 4. The van der Waals surface area contributed by atoms with Crippen LogP contribution < -0.4 is 0 Å². The van der Waals surface area contributed by atoms with Gasteiger partial charge in [-0.1, -0.05) is 5.11 Å². The van der Waals surface area contributed by atoms with Gasteiger partial charge in [0.1, 0.15) is 0 Å². The second-order valence-electron chi connectivity index (χ2n) is 2.42. The molecule has 74 valence electrons. The molecule has 0 radical (unpaired) electrons. The lowest BCUT2D eigenvalue weighted by Crippen LogP contribution is -2.05. The molecule has 0 aliphatic heterocycles. The Balaban J connectivity index is 2.83. The molecule has 1 heterocycles. The standard InChI is InChI=1S/C7H5F3N4/c8-7(9,10)5-1-2-6(12-3-5)4-13-14-11/h1-3H,4H2. The van der Waals surface area contributed by atoms with Gasteiger partial charge in [0, 0.05) is 16.8 Å². The molecule has 1 aromatic rings. The maximum absolute atomic E-state index is 12.0. The van der Waals surface area contributed by atoms with Crippen LogP contribution in [-0.4, -0.2) is 4.98 Å². The minimum atomic E-state index is -4.38. The summed E-state index contributed by atoms with van der Waals surface area (Å²) in [7, 11) is 0. The molecule has 0 aromatic carbocycles. The third-order valence-electron chi connectivity index (χ3n) is 1.45. The predicted molar refractivity (Wildman–Crippen MR) is 42.1 cm³/mol. The van der Waals surface area contributed by atoms with Crippen molar-refractivity contribution >= 4 is 0 Å². The van der Waals surface area contributed by atoms with Crippen molar-refractivity contribution in [2.24, 2.45) is 5.11 Å². The summed E-state index contributed by atoms with van der Waals surface area (Å²) in [6.07, 6.45) is -3.67. The molecule has 0 atom stereocenters. The number of hydrogen-bond acceptors (Lipinski definition) is 2. The highest BCUT2D eigenvalue weighted by atomic mass is 19.4. The molecule has 0 amide bonds. The number of azide groups is 1. The number of hydrogen-bond donors (Lipinski definition) is 0. The van der Waals surface area contributed by atoms with E-state index < -0.39 is 11.7 Å². The van der Waals surface area contributed by atoms with Crippen LogP contribution in [0.5, 0.6) is 0 Å². The molecule has 1 rings (SSSR count). The molecule has 7 heteroatoms. The van der Waals surface area contributed by atoms with Gasteiger partial charge in [-0.15, -0.1) is 0 Å². The largest absolute Gasteiger partial charge is 0.417 e. The third-order valence-corrected chi connectivity index (χ3v) is 1.45. The molecule has 0 saturated heterocycles. The van der Waals surface area contributed by atoms with Crippen molar-refractivity contribution < 1.29 is 13.2 Å². The third kappa shape index (κ3) is 2.63. The maximum Gasteiger partial charge on any atom is 0.417 e. The molecule has 4 nitrogen and oxygen atoms in total. The molecule has 14 heavy (non-hydrogen) atoms. The van der Waals surface area contributed by atoms with E-state index in [2.05, 4.69) is 15.0 Å². The molecule has 0 saturated carbocycles. The fourth-order valence-corrected chi connectivity index (χ4v) is 0.790. The van der Waals surface area contributed by atoms with Crippen molar-refractivity contribution in [1.29, 1.82) is 0 Å². The fourth-order valence-electron chi connectivity index (χ4n) is 0.790. The second kappa shape index (κ2) is 3.97. The highest BCUT2D eigenvalue weighted by Gasteiger charge is 2.30. The minimum Gasteiger partial charge on any atom is -0.261 e. The van der Waals surface area contributed by atoms with Crippen LogP contribution in [0.1, 0.15) is 11.3 Å². The predicted octanol–water partition coefficient (Wildman–Crippen LogP) is 2.91. The molecular weight excluding hydrogens is 197 g/mol. The van der Waals surface area contributed by atoms with Gasteiger partial charge in [0.25, 0.3) is 0 Å². The molecule has 1 aromatic heterocycles. The number of alkyl halides is 3. The van der Waals surface area contributed by atoms with Crippen molar-refractivity contribution in [1.82, 2.24) is 4.98 Å². The molecule has 0 fully saturated rings. The van der Waals surface area contributed by atoms with Crippen molar-refractivity contribution in [3.8, 4) is 0 Å². The summed E-state index contributed by atoms with van der Waals surface area (Å²) in [6.45, 7) is -0.0470. The summed E-state index contributed by atoms with van der Waals surface area (Å²) in [5.74, 6) is 0. The first-order chi connectivity index (χ1) is 6.54. The van der Waals surface area contributed by atoms with E-state index in [1.54, 1.807) is 0 Å². The lowest BCUT2D eigenvalue weighted by molar-refractivity contribution is -0.137. The smallest absolute Gasteiger partial charge is 0.261 e. The average molecular weight is 202 g/mol. The van der Waals surface area contributed by atoms with E-state index in [-0.39, 0.29) is 6.54 Å². The van der Waals surface area contributed by atoms with E-state index in [1.165, 1.54) is 6.07 Å². The van der Waals surface area contributed by atoms with Gasteiger partial charge in [-0.25, -0.2) is 0 Å². The summed E-state index contributed by atoms with van der Waals surface area (Å²) in [5, 5.41) is 3.17. The zero-order chi connectivity index (χ0) is 10.6. The molecule has 0 aliphatic carbocycles. The van der Waals surface area contributed by atoms with Crippen molar-refractivity contribution in [3.63, 3.8) is 0 Å². The van der Waals surface area contributed by atoms with Crippen LogP contribution in [0.4, 0.5) is 13.2 Å². The Morgan fingerprint density at radius 3 is 2.57 bits per heavy atom. The van der Waals surface area contributed by atoms with Crippen LogP contribution in [0.2, 0.25) is 0 Å². The normalized spacial score (nSPS) is 10.8. The molecule has 0 aliphatic rings. The Bertz CT molecular complexity index is 350. The topological polar surface area (TPSA) is 61.7 Å². The Morgan fingerprint density at radius 2 is 2.14 bits per heavy atom. The quantitative estimate of drug-likeness (QED) is 0.413. The van der Waals surface area contributed by atoms with Gasteiger partial charge in [0.15, 0.2) is 0 Å². The Morgan fingerprint density at radius 1 is 1.43 bits per heavy atom. The van der Waals surface area contributed by atoms with Crippen LogP contribution in [0.15, 0.2) is 23.4 Å².